The molecule has 3 aromatic rings. The Morgan fingerprint density at radius 1 is 1.11 bits per heavy atom. The van der Waals surface area contributed by atoms with E-state index in [-0.39, 0.29) is 22.4 Å². The Kier molecular flexibility index (Phi) is 4.75. The SMILES string of the molecule is Cc1cc(C(=O)Nc2ccc3c(O)cc(S(=O)(=O)O)cc3c2)ccc1[N+](=O)[O-]. The fraction of sp³-hybridized carbons (Fsp3) is 0.0556. The van der Waals surface area contributed by atoms with E-state index in [9.17, 15) is 28.4 Å². The lowest BCUT2D eigenvalue weighted by atomic mass is 10.1. The van der Waals surface area contributed by atoms with Gasteiger partial charge >= 0.3 is 0 Å². The topological polar surface area (TPSA) is 147 Å². The maximum absolute atomic E-state index is 12.4. The molecule has 0 atom stereocenters. The maximum Gasteiger partial charge on any atom is 0.294 e. The molecule has 28 heavy (non-hydrogen) atoms. The number of aromatic hydroxyl groups is 1. The first-order chi connectivity index (χ1) is 13.1. The zero-order valence-electron chi connectivity index (χ0n) is 14.4. The lowest BCUT2D eigenvalue weighted by molar-refractivity contribution is -0.385. The van der Waals surface area contributed by atoms with Crippen LogP contribution in [0.1, 0.15) is 15.9 Å². The molecule has 0 unspecified atom stereocenters. The number of fused-ring (bicyclic) bond motifs is 1. The van der Waals surface area contributed by atoms with Crippen molar-refractivity contribution < 1.29 is 27.8 Å². The molecule has 0 bridgehead atoms. The largest absolute Gasteiger partial charge is 0.507 e. The number of aryl methyl sites for hydroxylation is 1. The van der Waals surface area contributed by atoms with Gasteiger partial charge in [0.15, 0.2) is 0 Å². The molecule has 3 aromatic carbocycles. The van der Waals surface area contributed by atoms with Crippen LogP contribution in [0.25, 0.3) is 10.8 Å². The Bertz CT molecular complexity index is 1240. The van der Waals surface area contributed by atoms with Crippen LogP contribution in [0.2, 0.25) is 0 Å². The first-order valence-corrected chi connectivity index (χ1v) is 9.31. The van der Waals surface area contributed by atoms with Gasteiger partial charge < -0.3 is 10.4 Å². The Hall–Kier alpha value is -3.50. The number of phenolic OH excluding ortho intramolecular Hbond substituents is 1. The third-order valence-corrected chi connectivity index (χ3v) is 4.95. The lowest BCUT2D eigenvalue weighted by Crippen LogP contribution is -2.12. The molecule has 9 nitrogen and oxygen atoms in total. The van der Waals surface area contributed by atoms with Crippen LogP contribution in [0, 0.1) is 17.0 Å². The van der Waals surface area contributed by atoms with E-state index >= 15 is 0 Å². The summed E-state index contributed by atoms with van der Waals surface area (Å²) < 4.78 is 31.8. The maximum atomic E-state index is 12.4. The van der Waals surface area contributed by atoms with Crippen LogP contribution >= 0.6 is 0 Å². The number of benzene rings is 3. The average molecular weight is 402 g/mol. The molecule has 0 saturated carbocycles. The summed E-state index contributed by atoms with van der Waals surface area (Å²) in [4.78, 5) is 22.3. The zero-order valence-corrected chi connectivity index (χ0v) is 15.2. The Morgan fingerprint density at radius 2 is 1.82 bits per heavy atom. The number of nitrogens with zero attached hydrogens (tertiary/aromatic N) is 1. The lowest BCUT2D eigenvalue weighted by Gasteiger charge is -2.09. The summed E-state index contributed by atoms with van der Waals surface area (Å²) in [6, 6.07) is 10.5. The molecule has 10 heteroatoms. The number of nitrogens with one attached hydrogen (secondary N) is 1. The van der Waals surface area contributed by atoms with Crippen molar-refractivity contribution >= 4 is 38.2 Å². The molecule has 0 saturated heterocycles. The highest BCUT2D eigenvalue weighted by atomic mass is 32.2. The first-order valence-electron chi connectivity index (χ1n) is 7.87. The van der Waals surface area contributed by atoms with Gasteiger partial charge in [0.05, 0.1) is 9.82 Å². The highest BCUT2D eigenvalue weighted by molar-refractivity contribution is 7.85. The van der Waals surface area contributed by atoms with E-state index in [0.29, 0.717) is 16.6 Å². The van der Waals surface area contributed by atoms with Crippen molar-refractivity contribution in [2.75, 3.05) is 5.32 Å². The van der Waals surface area contributed by atoms with E-state index in [1.807, 2.05) is 0 Å². The number of rotatable bonds is 4. The number of hydrogen-bond acceptors (Lipinski definition) is 6. The number of amides is 1. The third-order valence-electron chi connectivity index (χ3n) is 4.12. The van der Waals surface area contributed by atoms with Crippen LogP contribution in [-0.4, -0.2) is 28.9 Å². The number of carbonyl (C=O) groups is 1. The van der Waals surface area contributed by atoms with E-state index in [2.05, 4.69) is 5.32 Å². The van der Waals surface area contributed by atoms with Crippen LogP contribution < -0.4 is 5.32 Å². The van der Waals surface area contributed by atoms with Crippen LogP contribution in [-0.2, 0) is 10.1 Å². The van der Waals surface area contributed by atoms with Gasteiger partial charge in [0.25, 0.3) is 21.7 Å². The number of phenols is 1. The van der Waals surface area contributed by atoms with E-state index < -0.39 is 25.8 Å². The van der Waals surface area contributed by atoms with Gasteiger partial charge in [-0.1, -0.05) is 0 Å². The normalized spacial score (nSPS) is 11.4. The van der Waals surface area contributed by atoms with E-state index in [4.69, 9.17) is 4.55 Å². The Balaban J connectivity index is 1.95. The second kappa shape index (κ2) is 6.91. The summed E-state index contributed by atoms with van der Waals surface area (Å²) in [7, 11) is -4.51. The summed E-state index contributed by atoms with van der Waals surface area (Å²) in [5.74, 6) is -0.860. The van der Waals surface area contributed by atoms with Crippen molar-refractivity contribution in [1.82, 2.24) is 0 Å². The van der Waals surface area contributed by atoms with Crippen molar-refractivity contribution in [3.63, 3.8) is 0 Å². The van der Waals surface area contributed by atoms with Crippen molar-refractivity contribution in [1.29, 1.82) is 0 Å². The molecule has 1 amide bonds. The van der Waals surface area contributed by atoms with E-state index in [1.54, 1.807) is 0 Å². The number of nitro benzene ring substituents is 1. The van der Waals surface area contributed by atoms with Crippen LogP contribution in [0.3, 0.4) is 0 Å². The number of hydrogen-bond donors (Lipinski definition) is 3. The molecule has 0 aliphatic carbocycles. The van der Waals surface area contributed by atoms with Gasteiger partial charge in [0.1, 0.15) is 5.75 Å². The van der Waals surface area contributed by atoms with Gasteiger partial charge in [0, 0.05) is 34.3 Å². The van der Waals surface area contributed by atoms with Gasteiger partial charge in [-0.3, -0.25) is 19.5 Å². The predicted octanol–water partition coefficient (Wildman–Crippen LogP) is 3.26. The first kappa shape index (κ1) is 19.3. The summed E-state index contributed by atoms with van der Waals surface area (Å²) in [6.45, 7) is 1.52. The quantitative estimate of drug-likeness (QED) is 0.345. The van der Waals surface area contributed by atoms with Crippen LogP contribution in [0.5, 0.6) is 5.75 Å². The smallest absolute Gasteiger partial charge is 0.294 e. The van der Waals surface area contributed by atoms with E-state index in [0.717, 1.165) is 12.1 Å². The molecule has 3 rings (SSSR count). The third kappa shape index (κ3) is 3.77. The predicted molar refractivity (Wildman–Crippen MR) is 101 cm³/mol. The Labute approximate surface area is 159 Å². The minimum absolute atomic E-state index is 0.101. The highest BCUT2D eigenvalue weighted by Crippen LogP contribution is 2.31. The molecular formula is C18H14N2O7S. The van der Waals surface area contributed by atoms with Crippen molar-refractivity contribution in [3.8, 4) is 5.75 Å². The van der Waals surface area contributed by atoms with E-state index in [1.165, 1.54) is 43.3 Å². The second-order valence-electron chi connectivity index (χ2n) is 6.07. The molecule has 0 aliphatic heterocycles. The Morgan fingerprint density at radius 3 is 2.43 bits per heavy atom. The van der Waals surface area contributed by atoms with Gasteiger partial charge in [0.2, 0.25) is 0 Å². The van der Waals surface area contributed by atoms with Gasteiger partial charge in [-0.05, 0) is 48.7 Å². The molecular weight excluding hydrogens is 388 g/mol. The molecule has 0 aliphatic rings. The summed E-state index contributed by atoms with van der Waals surface area (Å²) in [5.41, 5.74) is 0.743. The molecule has 0 heterocycles. The number of anilines is 1. The molecule has 3 N–H and O–H groups in total. The molecule has 0 radical (unpaired) electrons. The fourth-order valence-electron chi connectivity index (χ4n) is 2.75. The molecule has 0 spiro atoms. The molecule has 144 valence electrons. The monoisotopic (exact) mass is 402 g/mol. The molecule has 0 fully saturated rings. The number of nitro groups is 1. The van der Waals surface area contributed by atoms with Gasteiger partial charge in [-0.2, -0.15) is 8.42 Å². The van der Waals surface area contributed by atoms with Crippen LogP contribution in [0.15, 0.2) is 53.4 Å². The summed E-state index contributed by atoms with van der Waals surface area (Å²) >= 11 is 0. The number of carbonyl (C=O) groups excluding carboxylic acids is 1. The zero-order chi connectivity index (χ0) is 20.6. The van der Waals surface area contributed by atoms with Crippen molar-refractivity contribution in [2.24, 2.45) is 0 Å². The second-order valence-corrected chi connectivity index (χ2v) is 7.49. The highest BCUT2D eigenvalue weighted by Gasteiger charge is 2.16. The summed E-state index contributed by atoms with van der Waals surface area (Å²) in [5, 5.41) is 24.0. The van der Waals surface area contributed by atoms with Crippen molar-refractivity contribution in [2.45, 2.75) is 11.8 Å². The fourth-order valence-corrected chi connectivity index (χ4v) is 3.29. The average Bonchev–Trinajstić information content (AvgIpc) is 2.60. The summed E-state index contributed by atoms with van der Waals surface area (Å²) in [6.07, 6.45) is 0. The standard InChI is InChI=1S/C18H14N2O7S/c1-10-6-11(2-5-16(10)20(23)24)18(22)19-13-3-4-15-12(7-13)8-14(9-17(15)21)28(25,26)27/h2-9,21H,1H3,(H,19,22)(H,25,26,27). The van der Waals surface area contributed by atoms with Gasteiger partial charge in [-0.25, -0.2) is 0 Å². The minimum atomic E-state index is -4.51. The van der Waals surface area contributed by atoms with Crippen LogP contribution in [0.4, 0.5) is 11.4 Å². The van der Waals surface area contributed by atoms with Crippen molar-refractivity contribution in [3.05, 3.63) is 69.8 Å². The van der Waals surface area contributed by atoms with Gasteiger partial charge in [-0.15, -0.1) is 0 Å². The minimum Gasteiger partial charge on any atom is -0.507 e. The molecule has 0 aromatic heterocycles.